The number of aromatic nitrogens is 1. The summed E-state index contributed by atoms with van der Waals surface area (Å²) in [7, 11) is 3.47. The fraction of sp³-hybridized carbons (Fsp3) is 0.400. The van der Waals surface area contributed by atoms with Gasteiger partial charge in [-0.3, -0.25) is 9.78 Å². The van der Waals surface area contributed by atoms with Crippen molar-refractivity contribution in [2.45, 2.75) is 13.0 Å². The van der Waals surface area contributed by atoms with Gasteiger partial charge in [0, 0.05) is 38.1 Å². The van der Waals surface area contributed by atoms with Crippen LogP contribution >= 0.6 is 0 Å². The standard InChI is InChI=1S/C20H25N3O3/c1-15(17-5-4-8-21-14-17)22(2)20(24)16-6-7-19(25-3)18(13-16)23-9-11-26-12-10-23/h4-8,13-15H,9-12H2,1-3H3/t15-/m1/s1. The first-order chi connectivity index (χ1) is 12.6. The number of morpholine rings is 1. The summed E-state index contributed by atoms with van der Waals surface area (Å²) in [6, 6.07) is 9.39. The smallest absolute Gasteiger partial charge is 0.254 e. The lowest BCUT2D eigenvalue weighted by Gasteiger charge is -2.31. The number of hydrogen-bond donors (Lipinski definition) is 0. The molecule has 1 fully saturated rings. The highest BCUT2D eigenvalue weighted by Crippen LogP contribution is 2.31. The molecule has 2 heterocycles. The first-order valence-electron chi connectivity index (χ1n) is 8.79. The van der Waals surface area contributed by atoms with Crippen LogP contribution in [0.3, 0.4) is 0 Å². The Balaban J connectivity index is 1.84. The number of rotatable bonds is 5. The maximum Gasteiger partial charge on any atom is 0.254 e. The van der Waals surface area contributed by atoms with E-state index in [4.69, 9.17) is 9.47 Å². The van der Waals surface area contributed by atoms with Crippen LogP contribution < -0.4 is 9.64 Å². The van der Waals surface area contributed by atoms with Crippen molar-refractivity contribution in [3.05, 3.63) is 53.9 Å². The Hall–Kier alpha value is -2.60. The molecule has 1 atom stereocenters. The minimum atomic E-state index is -0.0647. The first kappa shape index (κ1) is 18.2. The van der Waals surface area contributed by atoms with Gasteiger partial charge >= 0.3 is 0 Å². The second-order valence-electron chi connectivity index (χ2n) is 6.36. The highest BCUT2D eigenvalue weighted by molar-refractivity contribution is 5.95. The fourth-order valence-corrected chi connectivity index (χ4v) is 3.10. The highest BCUT2D eigenvalue weighted by atomic mass is 16.5. The molecule has 2 aromatic rings. The second-order valence-corrected chi connectivity index (χ2v) is 6.36. The number of hydrogen-bond acceptors (Lipinski definition) is 5. The Morgan fingerprint density at radius 1 is 1.31 bits per heavy atom. The van der Waals surface area contributed by atoms with Crippen LogP contribution in [0.15, 0.2) is 42.7 Å². The van der Waals surface area contributed by atoms with Gasteiger partial charge in [0.2, 0.25) is 0 Å². The van der Waals surface area contributed by atoms with Crippen molar-refractivity contribution in [3.63, 3.8) is 0 Å². The van der Waals surface area contributed by atoms with Gasteiger partial charge in [-0.2, -0.15) is 0 Å². The average molecular weight is 355 g/mol. The zero-order chi connectivity index (χ0) is 18.5. The molecule has 0 unspecified atom stereocenters. The maximum absolute atomic E-state index is 13.0. The summed E-state index contributed by atoms with van der Waals surface area (Å²) in [6.45, 7) is 4.94. The molecule has 0 N–H and O–H groups in total. The summed E-state index contributed by atoms with van der Waals surface area (Å²) >= 11 is 0. The summed E-state index contributed by atoms with van der Waals surface area (Å²) in [5.74, 6) is 0.741. The Morgan fingerprint density at radius 2 is 2.08 bits per heavy atom. The largest absolute Gasteiger partial charge is 0.495 e. The second kappa shape index (κ2) is 8.19. The molecule has 1 aliphatic heterocycles. The molecule has 1 amide bonds. The van der Waals surface area contributed by atoms with Crippen LogP contribution in [0.25, 0.3) is 0 Å². The predicted octanol–water partition coefficient (Wildman–Crippen LogP) is 2.76. The van der Waals surface area contributed by atoms with E-state index in [1.165, 1.54) is 0 Å². The quantitative estimate of drug-likeness (QED) is 0.825. The SMILES string of the molecule is COc1ccc(C(=O)N(C)[C@H](C)c2cccnc2)cc1N1CCOCC1. The molecule has 0 bridgehead atoms. The van der Waals surface area contributed by atoms with Crippen molar-refractivity contribution >= 4 is 11.6 Å². The molecule has 3 rings (SSSR count). The third-order valence-corrected chi connectivity index (χ3v) is 4.85. The van der Waals surface area contributed by atoms with Gasteiger partial charge in [0.05, 0.1) is 32.1 Å². The Labute approximate surface area is 154 Å². The minimum absolute atomic E-state index is 0.0292. The van der Waals surface area contributed by atoms with E-state index in [2.05, 4.69) is 9.88 Å². The normalized spacial score (nSPS) is 15.4. The zero-order valence-corrected chi connectivity index (χ0v) is 15.5. The molecule has 138 valence electrons. The van der Waals surface area contributed by atoms with E-state index in [1.54, 1.807) is 24.4 Å². The number of anilines is 1. The van der Waals surface area contributed by atoms with Crippen molar-refractivity contribution in [1.82, 2.24) is 9.88 Å². The van der Waals surface area contributed by atoms with Gasteiger partial charge in [0.15, 0.2) is 0 Å². The van der Waals surface area contributed by atoms with E-state index in [-0.39, 0.29) is 11.9 Å². The summed E-state index contributed by atoms with van der Waals surface area (Å²) in [5.41, 5.74) is 2.58. The Bertz CT molecular complexity index is 745. The number of benzene rings is 1. The Morgan fingerprint density at radius 3 is 2.73 bits per heavy atom. The van der Waals surface area contributed by atoms with E-state index in [1.807, 2.05) is 44.3 Å². The van der Waals surface area contributed by atoms with Gasteiger partial charge < -0.3 is 19.3 Å². The molecule has 1 aromatic carbocycles. The van der Waals surface area contributed by atoms with E-state index < -0.39 is 0 Å². The monoisotopic (exact) mass is 355 g/mol. The molecule has 1 aromatic heterocycles. The number of ether oxygens (including phenoxy) is 2. The molecule has 1 saturated heterocycles. The fourth-order valence-electron chi connectivity index (χ4n) is 3.10. The highest BCUT2D eigenvalue weighted by Gasteiger charge is 2.22. The first-order valence-corrected chi connectivity index (χ1v) is 8.79. The van der Waals surface area contributed by atoms with Crippen LogP contribution in [0.4, 0.5) is 5.69 Å². The third-order valence-electron chi connectivity index (χ3n) is 4.85. The van der Waals surface area contributed by atoms with Crippen LogP contribution in [0.2, 0.25) is 0 Å². The summed E-state index contributed by atoms with van der Waals surface area (Å²) in [5, 5.41) is 0. The zero-order valence-electron chi connectivity index (χ0n) is 15.5. The summed E-state index contributed by atoms with van der Waals surface area (Å²) < 4.78 is 10.9. The average Bonchev–Trinajstić information content (AvgIpc) is 2.73. The van der Waals surface area contributed by atoms with E-state index in [9.17, 15) is 4.79 Å². The third kappa shape index (κ3) is 3.80. The number of nitrogens with zero attached hydrogens (tertiary/aromatic N) is 3. The lowest BCUT2D eigenvalue weighted by Crippen LogP contribution is -2.36. The number of carbonyl (C=O) groups is 1. The van der Waals surface area contributed by atoms with Crippen molar-refractivity contribution < 1.29 is 14.3 Å². The molecule has 0 spiro atoms. The number of pyridine rings is 1. The maximum atomic E-state index is 13.0. The van der Waals surface area contributed by atoms with Crippen LogP contribution in [-0.4, -0.2) is 56.3 Å². The lowest BCUT2D eigenvalue weighted by molar-refractivity contribution is 0.0742. The molecule has 1 aliphatic rings. The molecule has 6 heteroatoms. The molecule has 0 radical (unpaired) electrons. The number of amides is 1. The van der Waals surface area contributed by atoms with Crippen molar-refractivity contribution in [2.24, 2.45) is 0 Å². The van der Waals surface area contributed by atoms with Gasteiger partial charge in [0.25, 0.3) is 5.91 Å². The summed E-state index contributed by atoms with van der Waals surface area (Å²) in [6.07, 6.45) is 3.53. The van der Waals surface area contributed by atoms with E-state index in [0.29, 0.717) is 18.8 Å². The molecule has 0 aliphatic carbocycles. The van der Waals surface area contributed by atoms with Gasteiger partial charge in [-0.1, -0.05) is 6.07 Å². The van der Waals surface area contributed by atoms with E-state index in [0.717, 1.165) is 30.1 Å². The van der Waals surface area contributed by atoms with Crippen LogP contribution in [0.5, 0.6) is 5.75 Å². The Kier molecular flexibility index (Phi) is 5.73. The molecule has 6 nitrogen and oxygen atoms in total. The van der Waals surface area contributed by atoms with E-state index >= 15 is 0 Å². The number of carbonyl (C=O) groups excluding carboxylic acids is 1. The van der Waals surface area contributed by atoms with Crippen LogP contribution in [0, 0.1) is 0 Å². The summed E-state index contributed by atoms with van der Waals surface area (Å²) in [4.78, 5) is 21.1. The van der Waals surface area contributed by atoms with Gasteiger partial charge in [-0.05, 0) is 36.8 Å². The minimum Gasteiger partial charge on any atom is -0.495 e. The van der Waals surface area contributed by atoms with Crippen LogP contribution in [-0.2, 0) is 4.74 Å². The van der Waals surface area contributed by atoms with Gasteiger partial charge in [-0.15, -0.1) is 0 Å². The van der Waals surface area contributed by atoms with Crippen molar-refractivity contribution in [2.75, 3.05) is 45.4 Å². The predicted molar refractivity (Wildman–Crippen MR) is 101 cm³/mol. The van der Waals surface area contributed by atoms with Gasteiger partial charge in [-0.25, -0.2) is 0 Å². The van der Waals surface area contributed by atoms with Gasteiger partial charge in [0.1, 0.15) is 5.75 Å². The topological polar surface area (TPSA) is 54.9 Å². The van der Waals surface area contributed by atoms with Crippen molar-refractivity contribution in [3.8, 4) is 5.75 Å². The molecule has 0 saturated carbocycles. The molecule has 26 heavy (non-hydrogen) atoms. The molecular formula is C20H25N3O3. The van der Waals surface area contributed by atoms with Crippen LogP contribution in [0.1, 0.15) is 28.9 Å². The molecular weight excluding hydrogens is 330 g/mol. The lowest BCUT2D eigenvalue weighted by atomic mass is 10.1. The number of methoxy groups -OCH3 is 1. The van der Waals surface area contributed by atoms with Crippen molar-refractivity contribution in [1.29, 1.82) is 0 Å².